The predicted molar refractivity (Wildman–Crippen MR) is 52.1 cm³/mol. The highest BCUT2D eigenvalue weighted by Crippen LogP contribution is 2.14. The van der Waals surface area contributed by atoms with Crippen LogP contribution in [0.5, 0.6) is 0 Å². The fourth-order valence-electron chi connectivity index (χ4n) is 1.28. The van der Waals surface area contributed by atoms with Crippen LogP contribution in [0.3, 0.4) is 0 Å². The molecule has 0 aliphatic heterocycles. The van der Waals surface area contributed by atoms with Crippen LogP contribution in [0.1, 0.15) is 5.56 Å². The Labute approximate surface area is 81.6 Å². The molecule has 0 radical (unpaired) electrons. The van der Waals surface area contributed by atoms with E-state index in [-0.39, 0.29) is 0 Å². The molecule has 2 aromatic rings. The van der Waals surface area contributed by atoms with Gasteiger partial charge in [-0.3, -0.25) is 4.98 Å². The van der Waals surface area contributed by atoms with Gasteiger partial charge in [0.2, 0.25) is 0 Å². The molecule has 0 unspecified atom stereocenters. The van der Waals surface area contributed by atoms with Gasteiger partial charge in [-0.05, 0) is 11.6 Å². The smallest absolute Gasteiger partial charge is 0.159 e. The highest BCUT2D eigenvalue weighted by molar-refractivity contribution is 5.54. The van der Waals surface area contributed by atoms with E-state index in [9.17, 15) is 0 Å². The Morgan fingerprint density at radius 2 is 2.29 bits per heavy atom. The number of aromatic nitrogens is 4. The first-order valence-corrected chi connectivity index (χ1v) is 4.29. The first-order valence-electron chi connectivity index (χ1n) is 4.29. The van der Waals surface area contributed by atoms with Crippen molar-refractivity contribution in [1.29, 1.82) is 0 Å². The van der Waals surface area contributed by atoms with Gasteiger partial charge in [0.1, 0.15) is 6.33 Å². The largest absolute Gasteiger partial charge is 0.326 e. The van der Waals surface area contributed by atoms with Crippen LogP contribution in [-0.4, -0.2) is 19.7 Å². The Morgan fingerprint density at radius 1 is 1.43 bits per heavy atom. The zero-order valence-corrected chi connectivity index (χ0v) is 7.88. The summed E-state index contributed by atoms with van der Waals surface area (Å²) in [7, 11) is 1.84. The van der Waals surface area contributed by atoms with E-state index >= 15 is 0 Å². The molecule has 2 heterocycles. The maximum absolute atomic E-state index is 5.53. The number of nitrogens with zero attached hydrogens (tertiary/aromatic N) is 4. The summed E-state index contributed by atoms with van der Waals surface area (Å²) in [6, 6.07) is 1.97. The van der Waals surface area contributed by atoms with Gasteiger partial charge in [-0.1, -0.05) is 0 Å². The summed E-state index contributed by atoms with van der Waals surface area (Å²) in [5.74, 6) is 0.799. The predicted octanol–water partition coefficient (Wildman–Crippen LogP) is 0.336. The number of nitrogens with two attached hydrogens (primary N) is 1. The third-order valence-electron chi connectivity index (χ3n) is 2.00. The third kappa shape index (κ3) is 1.49. The zero-order valence-electron chi connectivity index (χ0n) is 7.88. The lowest BCUT2D eigenvalue weighted by molar-refractivity contribution is 0.774. The van der Waals surface area contributed by atoms with Gasteiger partial charge in [0.15, 0.2) is 5.82 Å². The van der Waals surface area contributed by atoms with Crippen LogP contribution in [-0.2, 0) is 13.6 Å². The molecule has 0 aliphatic carbocycles. The molecule has 0 aromatic carbocycles. The van der Waals surface area contributed by atoms with Crippen LogP contribution in [0, 0.1) is 0 Å². The maximum Gasteiger partial charge on any atom is 0.159 e. The summed E-state index contributed by atoms with van der Waals surface area (Å²) in [5, 5.41) is 4.00. The molecule has 0 atom stereocenters. The molecule has 2 rings (SSSR count). The molecular weight excluding hydrogens is 178 g/mol. The van der Waals surface area contributed by atoms with Crippen molar-refractivity contribution in [1.82, 2.24) is 19.7 Å². The zero-order chi connectivity index (χ0) is 9.97. The summed E-state index contributed by atoms with van der Waals surface area (Å²) in [6.45, 7) is 0.485. The molecule has 0 saturated heterocycles. The van der Waals surface area contributed by atoms with Gasteiger partial charge in [0.25, 0.3) is 0 Å². The Hall–Kier alpha value is -1.75. The molecule has 0 saturated carbocycles. The van der Waals surface area contributed by atoms with Crippen LogP contribution in [0.15, 0.2) is 24.8 Å². The lowest BCUT2D eigenvalue weighted by Crippen LogP contribution is -1.99. The summed E-state index contributed by atoms with van der Waals surface area (Å²) >= 11 is 0. The molecule has 14 heavy (non-hydrogen) atoms. The van der Waals surface area contributed by atoms with E-state index in [0.29, 0.717) is 6.54 Å². The third-order valence-corrected chi connectivity index (χ3v) is 2.00. The van der Waals surface area contributed by atoms with Crippen LogP contribution >= 0.6 is 0 Å². The second kappa shape index (κ2) is 3.55. The first kappa shape index (κ1) is 8.83. The quantitative estimate of drug-likeness (QED) is 0.739. The topological polar surface area (TPSA) is 69.6 Å². The number of hydrogen-bond donors (Lipinski definition) is 1. The van der Waals surface area contributed by atoms with Gasteiger partial charge in [-0.15, -0.1) is 0 Å². The Balaban J connectivity index is 2.47. The van der Waals surface area contributed by atoms with Gasteiger partial charge in [-0.2, -0.15) is 5.10 Å². The normalized spacial score (nSPS) is 10.4. The number of rotatable bonds is 2. The minimum Gasteiger partial charge on any atom is -0.326 e. The number of hydrogen-bond acceptors (Lipinski definition) is 4. The molecular formula is C9H11N5. The lowest BCUT2D eigenvalue weighted by atomic mass is 10.2. The van der Waals surface area contributed by atoms with Crippen molar-refractivity contribution < 1.29 is 0 Å². The molecule has 0 fully saturated rings. The molecule has 0 bridgehead atoms. The molecule has 0 amide bonds. The summed E-state index contributed by atoms with van der Waals surface area (Å²) in [5.41, 5.74) is 7.46. The molecule has 0 spiro atoms. The van der Waals surface area contributed by atoms with Crippen LogP contribution in [0.25, 0.3) is 11.4 Å². The second-order valence-corrected chi connectivity index (χ2v) is 2.99. The Morgan fingerprint density at radius 3 is 2.93 bits per heavy atom. The van der Waals surface area contributed by atoms with Gasteiger partial charge >= 0.3 is 0 Å². The molecule has 2 N–H and O–H groups in total. The maximum atomic E-state index is 5.53. The molecule has 72 valence electrons. The number of aryl methyl sites for hydroxylation is 1. The van der Waals surface area contributed by atoms with E-state index in [2.05, 4.69) is 15.1 Å². The fourth-order valence-corrected chi connectivity index (χ4v) is 1.28. The van der Waals surface area contributed by atoms with E-state index in [4.69, 9.17) is 5.73 Å². The standard InChI is InChI=1S/C9H11N5/c1-14-9(12-6-13-14)8-2-7(3-10)4-11-5-8/h2,4-6H,3,10H2,1H3. The van der Waals surface area contributed by atoms with E-state index in [1.807, 2.05) is 13.1 Å². The van der Waals surface area contributed by atoms with E-state index in [1.165, 1.54) is 6.33 Å². The van der Waals surface area contributed by atoms with E-state index in [1.54, 1.807) is 17.1 Å². The first-order chi connectivity index (χ1) is 6.81. The highest BCUT2D eigenvalue weighted by atomic mass is 15.3. The van der Waals surface area contributed by atoms with Crippen molar-refractivity contribution in [3.8, 4) is 11.4 Å². The van der Waals surface area contributed by atoms with Crippen molar-refractivity contribution in [2.75, 3.05) is 0 Å². The van der Waals surface area contributed by atoms with E-state index < -0.39 is 0 Å². The van der Waals surface area contributed by atoms with Gasteiger partial charge in [0.05, 0.1) is 0 Å². The molecule has 2 aromatic heterocycles. The van der Waals surface area contributed by atoms with Crippen molar-refractivity contribution in [2.24, 2.45) is 12.8 Å². The summed E-state index contributed by atoms with van der Waals surface area (Å²) in [6.07, 6.45) is 5.02. The lowest BCUT2D eigenvalue weighted by Gasteiger charge is -2.01. The van der Waals surface area contributed by atoms with Crippen LogP contribution in [0.4, 0.5) is 0 Å². The summed E-state index contributed by atoms with van der Waals surface area (Å²) < 4.78 is 1.71. The van der Waals surface area contributed by atoms with Gasteiger partial charge in [0, 0.05) is 31.5 Å². The Kier molecular flexibility index (Phi) is 2.24. The van der Waals surface area contributed by atoms with Crippen molar-refractivity contribution in [3.05, 3.63) is 30.4 Å². The second-order valence-electron chi connectivity index (χ2n) is 2.99. The van der Waals surface area contributed by atoms with Crippen molar-refractivity contribution >= 4 is 0 Å². The molecule has 5 nitrogen and oxygen atoms in total. The minimum absolute atomic E-state index is 0.485. The average Bonchev–Trinajstić information content (AvgIpc) is 2.65. The van der Waals surface area contributed by atoms with Crippen molar-refractivity contribution in [3.63, 3.8) is 0 Å². The monoisotopic (exact) mass is 189 g/mol. The van der Waals surface area contributed by atoms with Gasteiger partial charge < -0.3 is 5.73 Å². The molecule has 0 aliphatic rings. The fraction of sp³-hybridized carbons (Fsp3) is 0.222. The highest BCUT2D eigenvalue weighted by Gasteiger charge is 2.04. The molecule has 5 heteroatoms. The average molecular weight is 189 g/mol. The van der Waals surface area contributed by atoms with Gasteiger partial charge in [-0.25, -0.2) is 9.67 Å². The van der Waals surface area contributed by atoms with Crippen molar-refractivity contribution in [2.45, 2.75) is 6.54 Å². The Bertz CT molecular complexity index is 434. The summed E-state index contributed by atoms with van der Waals surface area (Å²) in [4.78, 5) is 8.22. The van der Waals surface area contributed by atoms with Crippen LogP contribution < -0.4 is 5.73 Å². The van der Waals surface area contributed by atoms with Crippen LogP contribution in [0.2, 0.25) is 0 Å². The minimum atomic E-state index is 0.485. The van der Waals surface area contributed by atoms with E-state index in [0.717, 1.165) is 17.0 Å². The SMILES string of the molecule is Cn1ncnc1-c1cncc(CN)c1. The number of pyridine rings is 1.